The monoisotopic (exact) mass is 447 g/mol. The molecule has 32 heavy (non-hydrogen) atoms. The molecule has 0 spiro atoms. The zero-order valence-corrected chi connectivity index (χ0v) is 19.5. The number of hydrogen-bond acceptors (Lipinski definition) is 3. The SMILES string of the molecule is O=C(O)CCCCCCCCCCCCCCC(=O)N(CCC(=O)O)Cc1ccccc1. The van der Waals surface area contributed by atoms with Crippen LogP contribution < -0.4 is 0 Å². The average molecular weight is 448 g/mol. The minimum Gasteiger partial charge on any atom is -0.481 e. The molecule has 1 aromatic rings. The number of rotatable bonds is 20. The fraction of sp³-hybridized carbons (Fsp3) is 0.654. The van der Waals surface area contributed by atoms with Gasteiger partial charge in [0, 0.05) is 25.9 Å². The summed E-state index contributed by atoms with van der Waals surface area (Å²) >= 11 is 0. The number of amides is 1. The Balaban J connectivity index is 2.06. The molecule has 180 valence electrons. The molecule has 0 fully saturated rings. The normalized spacial score (nSPS) is 10.8. The molecule has 0 aliphatic heterocycles. The Hall–Kier alpha value is -2.37. The number of carbonyl (C=O) groups is 3. The maximum absolute atomic E-state index is 12.6. The number of carboxylic acid groups (broad SMARTS) is 2. The van der Waals surface area contributed by atoms with Gasteiger partial charge in [-0.15, -0.1) is 0 Å². The van der Waals surface area contributed by atoms with Crippen LogP contribution in [0.4, 0.5) is 0 Å². The Labute approximate surface area is 193 Å². The molecule has 2 N–H and O–H groups in total. The number of unbranched alkanes of at least 4 members (excludes halogenated alkanes) is 11. The highest BCUT2D eigenvalue weighted by molar-refractivity contribution is 5.77. The molecule has 0 saturated carbocycles. The summed E-state index contributed by atoms with van der Waals surface area (Å²) in [7, 11) is 0. The maximum atomic E-state index is 12.6. The molecule has 1 amide bonds. The van der Waals surface area contributed by atoms with Crippen LogP contribution in [0.1, 0.15) is 102 Å². The van der Waals surface area contributed by atoms with Crippen molar-refractivity contribution in [2.45, 2.75) is 103 Å². The number of carboxylic acids is 2. The second-order valence-corrected chi connectivity index (χ2v) is 8.58. The second-order valence-electron chi connectivity index (χ2n) is 8.58. The molecule has 0 aliphatic carbocycles. The van der Waals surface area contributed by atoms with Gasteiger partial charge < -0.3 is 15.1 Å². The largest absolute Gasteiger partial charge is 0.481 e. The molecule has 0 aliphatic rings. The van der Waals surface area contributed by atoms with Gasteiger partial charge in [0.05, 0.1) is 6.42 Å². The average Bonchev–Trinajstić information content (AvgIpc) is 2.77. The van der Waals surface area contributed by atoms with E-state index < -0.39 is 11.9 Å². The molecule has 0 aromatic heterocycles. The Morgan fingerprint density at radius 2 is 1.03 bits per heavy atom. The predicted molar refractivity (Wildman–Crippen MR) is 126 cm³/mol. The summed E-state index contributed by atoms with van der Waals surface area (Å²) < 4.78 is 0. The van der Waals surface area contributed by atoms with Crippen LogP contribution >= 0.6 is 0 Å². The molecular weight excluding hydrogens is 406 g/mol. The number of aliphatic carboxylic acids is 2. The molecule has 6 nitrogen and oxygen atoms in total. The van der Waals surface area contributed by atoms with Gasteiger partial charge in [0.1, 0.15) is 0 Å². The van der Waals surface area contributed by atoms with Crippen LogP contribution in [0.3, 0.4) is 0 Å². The number of benzene rings is 1. The first-order valence-corrected chi connectivity index (χ1v) is 12.2. The predicted octanol–water partition coefficient (Wildman–Crippen LogP) is 6.04. The maximum Gasteiger partial charge on any atom is 0.305 e. The van der Waals surface area contributed by atoms with Gasteiger partial charge in [0.25, 0.3) is 0 Å². The van der Waals surface area contributed by atoms with Crippen molar-refractivity contribution in [3.63, 3.8) is 0 Å². The first-order chi connectivity index (χ1) is 15.5. The van der Waals surface area contributed by atoms with Gasteiger partial charge in [-0.1, -0.05) is 94.5 Å². The van der Waals surface area contributed by atoms with Gasteiger partial charge in [-0.2, -0.15) is 0 Å². The number of hydrogen-bond donors (Lipinski definition) is 2. The summed E-state index contributed by atoms with van der Waals surface area (Å²) in [6.45, 7) is 0.717. The van der Waals surface area contributed by atoms with Crippen molar-refractivity contribution in [2.75, 3.05) is 6.54 Å². The van der Waals surface area contributed by atoms with Crippen molar-refractivity contribution in [1.29, 1.82) is 0 Å². The van der Waals surface area contributed by atoms with Crippen LogP contribution in [0.5, 0.6) is 0 Å². The molecule has 0 saturated heterocycles. The van der Waals surface area contributed by atoms with E-state index >= 15 is 0 Å². The lowest BCUT2D eigenvalue weighted by Gasteiger charge is -2.22. The Bertz CT molecular complexity index is 647. The first kappa shape index (κ1) is 27.7. The lowest BCUT2D eigenvalue weighted by molar-refractivity contribution is -0.139. The molecule has 0 atom stereocenters. The highest BCUT2D eigenvalue weighted by atomic mass is 16.4. The van der Waals surface area contributed by atoms with E-state index in [1.165, 1.54) is 38.5 Å². The van der Waals surface area contributed by atoms with E-state index in [4.69, 9.17) is 10.2 Å². The minimum atomic E-state index is -0.881. The fourth-order valence-electron chi connectivity index (χ4n) is 3.80. The third-order valence-electron chi connectivity index (χ3n) is 5.70. The highest BCUT2D eigenvalue weighted by Gasteiger charge is 2.15. The van der Waals surface area contributed by atoms with Crippen molar-refractivity contribution in [3.05, 3.63) is 35.9 Å². The lowest BCUT2D eigenvalue weighted by Crippen LogP contribution is -2.32. The molecule has 1 aromatic carbocycles. The number of carbonyl (C=O) groups excluding carboxylic acids is 1. The molecule has 1 rings (SSSR count). The first-order valence-electron chi connectivity index (χ1n) is 12.2. The van der Waals surface area contributed by atoms with E-state index in [1.54, 1.807) is 4.90 Å². The van der Waals surface area contributed by atoms with Gasteiger partial charge in [0.15, 0.2) is 0 Å². The van der Waals surface area contributed by atoms with E-state index in [0.29, 0.717) is 19.4 Å². The van der Waals surface area contributed by atoms with Crippen molar-refractivity contribution in [1.82, 2.24) is 4.90 Å². The molecule has 0 unspecified atom stereocenters. The van der Waals surface area contributed by atoms with Gasteiger partial charge in [0.2, 0.25) is 5.91 Å². The third kappa shape index (κ3) is 15.4. The van der Waals surface area contributed by atoms with Crippen molar-refractivity contribution in [2.24, 2.45) is 0 Å². The van der Waals surface area contributed by atoms with Crippen LogP contribution in [-0.4, -0.2) is 39.5 Å². The van der Waals surface area contributed by atoms with E-state index in [9.17, 15) is 14.4 Å². The van der Waals surface area contributed by atoms with Crippen molar-refractivity contribution in [3.8, 4) is 0 Å². The Morgan fingerprint density at radius 3 is 1.50 bits per heavy atom. The Kier molecular flexibility index (Phi) is 15.8. The summed E-state index contributed by atoms with van der Waals surface area (Å²) in [5.41, 5.74) is 1.02. The van der Waals surface area contributed by atoms with E-state index in [-0.39, 0.29) is 18.9 Å². The zero-order chi connectivity index (χ0) is 23.4. The minimum absolute atomic E-state index is 0.0269. The quantitative estimate of drug-likeness (QED) is 0.238. The Morgan fingerprint density at radius 1 is 0.594 bits per heavy atom. The van der Waals surface area contributed by atoms with Crippen LogP contribution in [0.2, 0.25) is 0 Å². The third-order valence-corrected chi connectivity index (χ3v) is 5.70. The van der Waals surface area contributed by atoms with E-state index in [1.807, 2.05) is 30.3 Å². The summed E-state index contributed by atoms with van der Waals surface area (Å²) in [5.74, 6) is -1.54. The van der Waals surface area contributed by atoms with Crippen molar-refractivity contribution >= 4 is 17.8 Å². The summed E-state index contributed by atoms with van der Waals surface area (Å²) in [6, 6.07) is 9.70. The summed E-state index contributed by atoms with van der Waals surface area (Å²) in [6.07, 6.45) is 14.1. The van der Waals surface area contributed by atoms with Crippen LogP contribution in [-0.2, 0) is 20.9 Å². The zero-order valence-electron chi connectivity index (χ0n) is 19.5. The topological polar surface area (TPSA) is 94.9 Å². The smallest absolute Gasteiger partial charge is 0.305 e. The highest BCUT2D eigenvalue weighted by Crippen LogP contribution is 2.14. The molecule has 6 heteroatoms. The number of nitrogens with zero attached hydrogens (tertiary/aromatic N) is 1. The van der Waals surface area contributed by atoms with Gasteiger partial charge in [-0.05, 0) is 18.4 Å². The lowest BCUT2D eigenvalue weighted by atomic mass is 10.0. The fourth-order valence-corrected chi connectivity index (χ4v) is 3.80. The summed E-state index contributed by atoms with van der Waals surface area (Å²) in [4.78, 5) is 35.6. The van der Waals surface area contributed by atoms with Gasteiger partial charge in [-0.25, -0.2) is 0 Å². The van der Waals surface area contributed by atoms with Crippen molar-refractivity contribution < 1.29 is 24.6 Å². The summed E-state index contributed by atoms with van der Waals surface area (Å²) in [5, 5.41) is 17.6. The molecule has 0 radical (unpaired) electrons. The molecular formula is C26H41NO5. The molecule has 0 bridgehead atoms. The van der Waals surface area contributed by atoms with E-state index in [0.717, 1.165) is 44.1 Å². The second kappa shape index (κ2) is 18.2. The van der Waals surface area contributed by atoms with Crippen LogP contribution in [0, 0.1) is 0 Å². The van der Waals surface area contributed by atoms with Gasteiger partial charge in [-0.3, -0.25) is 14.4 Å². The van der Waals surface area contributed by atoms with Crippen LogP contribution in [0.25, 0.3) is 0 Å². The van der Waals surface area contributed by atoms with E-state index in [2.05, 4.69) is 0 Å². The van der Waals surface area contributed by atoms with Crippen LogP contribution in [0.15, 0.2) is 30.3 Å². The van der Waals surface area contributed by atoms with Gasteiger partial charge >= 0.3 is 11.9 Å². The standard InChI is InChI=1S/C26H41NO5/c28-24(27(21-20-26(31)32)22-23-16-12-11-13-17-23)18-14-9-7-5-3-1-2-4-6-8-10-15-19-25(29)30/h11-13,16-17H,1-10,14-15,18-22H2,(H,29,30)(H,31,32). The molecule has 0 heterocycles.